The van der Waals surface area contributed by atoms with Gasteiger partial charge in [-0.2, -0.15) is 0 Å². The van der Waals surface area contributed by atoms with Crippen molar-refractivity contribution < 1.29 is 4.74 Å². The first-order chi connectivity index (χ1) is 9.69. The second-order valence-electron chi connectivity index (χ2n) is 6.85. The van der Waals surface area contributed by atoms with E-state index in [1.807, 2.05) is 6.92 Å². The van der Waals surface area contributed by atoms with Gasteiger partial charge in [-0.3, -0.25) is 0 Å². The van der Waals surface area contributed by atoms with Crippen molar-refractivity contribution in [3.63, 3.8) is 0 Å². The number of hydrogen-bond acceptors (Lipinski definition) is 4. The van der Waals surface area contributed by atoms with E-state index in [1.54, 1.807) is 6.20 Å². The molecule has 1 aromatic heterocycles. The zero-order valence-electron chi connectivity index (χ0n) is 14.3. The molecule has 0 fully saturated rings. The van der Waals surface area contributed by atoms with Gasteiger partial charge in [0.2, 0.25) is 0 Å². The molecular formula is C17H29N3O. The number of aromatic nitrogens is 2. The van der Waals surface area contributed by atoms with Crippen molar-refractivity contribution in [1.29, 1.82) is 0 Å². The van der Waals surface area contributed by atoms with Crippen molar-refractivity contribution in [2.75, 3.05) is 6.61 Å². The summed E-state index contributed by atoms with van der Waals surface area (Å²) in [4.78, 5) is 9.05. The molecule has 1 rings (SSSR count). The highest BCUT2D eigenvalue weighted by Gasteiger charge is 2.14. The summed E-state index contributed by atoms with van der Waals surface area (Å²) in [6, 6.07) is 0. The SMILES string of the molecule is C=C(C)CCOc1cnc(C(C)C)nc1CNC(C)(C)C. The molecular weight excluding hydrogens is 262 g/mol. The minimum atomic E-state index is 0.0396. The molecule has 118 valence electrons. The van der Waals surface area contributed by atoms with Crippen LogP contribution in [0, 0.1) is 0 Å². The number of nitrogens with zero attached hydrogens (tertiary/aromatic N) is 2. The van der Waals surface area contributed by atoms with Gasteiger partial charge in [-0.25, -0.2) is 9.97 Å². The largest absolute Gasteiger partial charge is 0.490 e. The fourth-order valence-electron chi connectivity index (χ4n) is 1.63. The van der Waals surface area contributed by atoms with Crippen LogP contribution in [0.15, 0.2) is 18.3 Å². The second kappa shape index (κ2) is 7.55. The fourth-order valence-corrected chi connectivity index (χ4v) is 1.63. The summed E-state index contributed by atoms with van der Waals surface area (Å²) in [5.74, 6) is 1.92. The minimum Gasteiger partial charge on any atom is -0.490 e. The van der Waals surface area contributed by atoms with E-state index in [0.29, 0.717) is 19.1 Å². The molecule has 21 heavy (non-hydrogen) atoms. The Hall–Kier alpha value is -1.42. The molecule has 0 aromatic carbocycles. The van der Waals surface area contributed by atoms with Crippen LogP contribution >= 0.6 is 0 Å². The number of rotatable bonds is 7. The molecule has 0 unspecified atom stereocenters. The van der Waals surface area contributed by atoms with Gasteiger partial charge in [0.05, 0.1) is 18.5 Å². The Bertz CT molecular complexity index is 475. The van der Waals surface area contributed by atoms with Crippen LogP contribution in [0.25, 0.3) is 0 Å². The molecule has 0 aliphatic rings. The van der Waals surface area contributed by atoms with Crippen LogP contribution in [0.5, 0.6) is 5.75 Å². The van der Waals surface area contributed by atoms with Crippen LogP contribution in [-0.4, -0.2) is 22.1 Å². The lowest BCUT2D eigenvalue weighted by atomic mass is 10.1. The Morgan fingerprint density at radius 2 is 2.05 bits per heavy atom. The maximum Gasteiger partial charge on any atom is 0.160 e. The highest BCUT2D eigenvalue weighted by Crippen LogP contribution is 2.19. The third kappa shape index (κ3) is 6.71. The maximum atomic E-state index is 5.82. The van der Waals surface area contributed by atoms with E-state index < -0.39 is 0 Å². The van der Waals surface area contributed by atoms with Crippen LogP contribution in [0.3, 0.4) is 0 Å². The molecule has 4 heteroatoms. The monoisotopic (exact) mass is 291 g/mol. The van der Waals surface area contributed by atoms with Crippen molar-refractivity contribution in [3.05, 3.63) is 29.9 Å². The highest BCUT2D eigenvalue weighted by atomic mass is 16.5. The predicted molar refractivity (Wildman–Crippen MR) is 87.6 cm³/mol. The Morgan fingerprint density at radius 3 is 2.57 bits per heavy atom. The van der Waals surface area contributed by atoms with Gasteiger partial charge in [0.25, 0.3) is 0 Å². The van der Waals surface area contributed by atoms with Crippen LogP contribution in [0.4, 0.5) is 0 Å². The van der Waals surface area contributed by atoms with Gasteiger partial charge in [-0.1, -0.05) is 19.4 Å². The quantitative estimate of drug-likeness (QED) is 0.776. The normalized spacial score (nSPS) is 11.8. The Morgan fingerprint density at radius 1 is 1.38 bits per heavy atom. The van der Waals surface area contributed by atoms with Crippen LogP contribution in [0.2, 0.25) is 0 Å². The van der Waals surface area contributed by atoms with Gasteiger partial charge in [-0.05, 0) is 27.7 Å². The maximum absolute atomic E-state index is 5.82. The van der Waals surface area contributed by atoms with Crippen molar-refractivity contribution in [3.8, 4) is 5.75 Å². The van der Waals surface area contributed by atoms with E-state index in [-0.39, 0.29) is 5.54 Å². The molecule has 0 aliphatic heterocycles. The molecule has 1 N–H and O–H groups in total. The molecule has 0 amide bonds. The molecule has 1 aromatic rings. The molecule has 0 saturated carbocycles. The summed E-state index contributed by atoms with van der Waals surface area (Å²) in [5, 5.41) is 3.46. The predicted octanol–water partition coefficient (Wildman–Crippen LogP) is 3.83. The summed E-state index contributed by atoms with van der Waals surface area (Å²) in [5.41, 5.74) is 2.08. The molecule has 4 nitrogen and oxygen atoms in total. The van der Waals surface area contributed by atoms with Gasteiger partial charge < -0.3 is 10.1 Å². The fraction of sp³-hybridized carbons (Fsp3) is 0.647. The smallest absolute Gasteiger partial charge is 0.160 e. The van der Waals surface area contributed by atoms with E-state index in [2.05, 4.69) is 56.5 Å². The zero-order valence-corrected chi connectivity index (χ0v) is 14.3. The van der Waals surface area contributed by atoms with E-state index in [0.717, 1.165) is 29.3 Å². The lowest BCUT2D eigenvalue weighted by Gasteiger charge is -2.21. The number of hydrogen-bond donors (Lipinski definition) is 1. The van der Waals surface area contributed by atoms with Gasteiger partial charge in [0.1, 0.15) is 5.82 Å². The Kier molecular flexibility index (Phi) is 6.34. The Balaban J connectivity index is 2.86. The molecule has 0 bridgehead atoms. The third-order valence-corrected chi connectivity index (χ3v) is 2.94. The summed E-state index contributed by atoms with van der Waals surface area (Å²) in [6.07, 6.45) is 2.64. The Labute approximate surface area is 129 Å². The minimum absolute atomic E-state index is 0.0396. The van der Waals surface area contributed by atoms with Gasteiger partial charge >= 0.3 is 0 Å². The lowest BCUT2D eigenvalue weighted by Crippen LogP contribution is -2.35. The first-order valence-corrected chi connectivity index (χ1v) is 7.57. The lowest BCUT2D eigenvalue weighted by molar-refractivity contribution is 0.310. The highest BCUT2D eigenvalue weighted by molar-refractivity contribution is 5.25. The van der Waals surface area contributed by atoms with Crippen LogP contribution in [0.1, 0.15) is 65.4 Å². The van der Waals surface area contributed by atoms with E-state index in [4.69, 9.17) is 4.74 Å². The van der Waals surface area contributed by atoms with Crippen molar-refractivity contribution >= 4 is 0 Å². The van der Waals surface area contributed by atoms with Gasteiger partial charge in [0.15, 0.2) is 5.75 Å². The first-order valence-electron chi connectivity index (χ1n) is 7.57. The number of nitrogens with one attached hydrogen (secondary N) is 1. The van der Waals surface area contributed by atoms with Crippen LogP contribution in [-0.2, 0) is 6.54 Å². The molecule has 0 saturated heterocycles. The third-order valence-electron chi connectivity index (χ3n) is 2.94. The van der Waals surface area contributed by atoms with Crippen molar-refractivity contribution in [2.24, 2.45) is 0 Å². The summed E-state index contributed by atoms with van der Waals surface area (Å²) >= 11 is 0. The van der Waals surface area contributed by atoms with Crippen molar-refractivity contribution in [2.45, 2.75) is 66.0 Å². The summed E-state index contributed by atoms with van der Waals surface area (Å²) < 4.78 is 5.82. The van der Waals surface area contributed by atoms with E-state index in [9.17, 15) is 0 Å². The topological polar surface area (TPSA) is 47.0 Å². The van der Waals surface area contributed by atoms with E-state index >= 15 is 0 Å². The van der Waals surface area contributed by atoms with Gasteiger partial charge in [0, 0.05) is 24.4 Å². The standard InChI is InChI=1S/C17H29N3O/c1-12(2)8-9-21-15-11-18-16(13(3)4)20-14(15)10-19-17(5,6)7/h11,13,19H,1,8-10H2,2-7H3. The molecule has 1 heterocycles. The number of ether oxygens (including phenoxy) is 1. The van der Waals surface area contributed by atoms with Crippen LogP contribution < -0.4 is 10.1 Å². The molecule has 0 spiro atoms. The zero-order chi connectivity index (χ0) is 16.0. The summed E-state index contributed by atoms with van der Waals surface area (Å²) in [6.45, 7) is 17.8. The molecule has 0 atom stereocenters. The molecule has 0 radical (unpaired) electrons. The average molecular weight is 291 g/mol. The summed E-state index contributed by atoms with van der Waals surface area (Å²) in [7, 11) is 0. The molecule has 0 aliphatic carbocycles. The van der Waals surface area contributed by atoms with Gasteiger partial charge in [-0.15, -0.1) is 6.58 Å². The van der Waals surface area contributed by atoms with Crippen molar-refractivity contribution in [1.82, 2.24) is 15.3 Å². The van der Waals surface area contributed by atoms with E-state index in [1.165, 1.54) is 0 Å². The average Bonchev–Trinajstić information content (AvgIpc) is 2.35. The second-order valence-corrected chi connectivity index (χ2v) is 6.85. The first kappa shape index (κ1) is 17.6.